The molecule has 18 heavy (non-hydrogen) atoms. The summed E-state index contributed by atoms with van der Waals surface area (Å²) in [6, 6.07) is 0.105. The van der Waals surface area contributed by atoms with Crippen molar-refractivity contribution in [1.29, 1.82) is 0 Å². The topological polar surface area (TPSA) is 55.1 Å². The second-order valence-corrected chi connectivity index (χ2v) is 5.40. The van der Waals surface area contributed by atoms with Crippen LogP contribution in [0.5, 0.6) is 0 Å². The molecule has 100 valence electrons. The van der Waals surface area contributed by atoms with E-state index in [4.69, 9.17) is 0 Å². The van der Waals surface area contributed by atoms with E-state index in [1.807, 2.05) is 13.1 Å². The summed E-state index contributed by atoms with van der Waals surface area (Å²) in [7, 11) is 0. The fourth-order valence-electron chi connectivity index (χ4n) is 3.01. The maximum absolute atomic E-state index is 11.9. The monoisotopic (exact) mass is 250 g/mol. The van der Waals surface area contributed by atoms with Gasteiger partial charge in [0.05, 0.1) is 6.10 Å². The predicted octanol–water partition coefficient (Wildman–Crippen LogP) is 2.05. The lowest BCUT2D eigenvalue weighted by atomic mass is 9.80. The van der Waals surface area contributed by atoms with Crippen LogP contribution in [0.15, 0.2) is 17.2 Å². The van der Waals surface area contributed by atoms with Crippen LogP contribution in [0.1, 0.15) is 50.6 Å². The lowest BCUT2D eigenvalue weighted by Crippen LogP contribution is -2.36. The molecule has 0 bridgehead atoms. The van der Waals surface area contributed by atoms with Crippen LogP contribution in [0, 0.1) is 12.8 Å². The molecular weight excluding hydrogens is 228 g/mol. The minimum atomic E-state index is -0.282. The van der Waals surface area contributed by atoms with Gasteiger partial charge in [0.1, 0.15) is 0 Å². The lowest BCUT2D eigenvalue weighted by Gasteiger charge is -2.35. The Bertz CT molecular complexity index is 455. The Morgan fingerprint density at radius 2 is 2.28 bits per heavy atom. The van der Waals surface area contributed by atoms with Crippen LogP contribution >= 0.6 is 0 Å². The number of aliphatic hydroxyl groups excluding tert-OH is 1. The molecule has 1 aliphatic carbocycles. The van der Waals surface area contributed by atoms with Crippen LogP contribution in [0.4, 0.5) is 0 Å². The van der Waals surface area contributed by atoms with Crippen molar-refractivity contribution in [3.63, 3.8) is 0 Å². The van der Waals surface area contributed by atoms with E-state index in [1.165, 1.54) is 0 Å². The molecule has 0 amide bonds. The zero-order valence-electron chi connectivity index (χ0n) is 11.2. The molecule has 2 rings (SSSR count). The maximum Gasteiger partial charge on any atom is 0.347 e. The molecule has 1 fully saturated rings. The van der Waals surface area contributed by atoms with Crippen LogP contribution in [-0.2, 0) is 0 Å². The Hall–Kier alpha value is -1.16. The Morgan fingerprint density at radius 3 is 3.00 bits per heavy atom. The number of aromatic nitrogens is 2. The molecule has 1 saturated carbocycles. The third-order valence-corrected chi connectivity index (χ3v) is 3.89. The van der Waals surface area contributed by atoms with E-state index in [9.17, 15) is 9.90 Å². The maximum atomic E-state index is 11.9. The number of rotatable bonds is 3. The van der Waals surface area contributed by atoms with E-state index in [2.05, 4.69) is 11.9 Å². The van der Waals surface area contributed by atoms with Crippen molar-refractivity contribution in [3.05, 3.63) is 28.4 Å². The summed E-state index contributed by atoms with van der Waals surface area (Å²) in [5.41, 5.74) is 0.797. The number of hydrogen-bond donors (Lipinski definition) is 1. The molecule has 0 aromatic carbocycles. The summed E-state index contributed by atoms with van der Waals surface area (Å²) in [6.45, 7) is 4.11. The third-order valence-electron chi connectivity index (χ3n) is 3.89. The lowest BCUT2D eigenvalue weighted by molar-refractivity contribution is 0.0676. The van der Waals surface area contributed by atoms with Gasteiger partial charge in [0.2, 0.25) is 0 Å². The molecule has 0 spiro atoms. The van der Waals surface area contributed by atoms with Crippen LogP contribution in [0.3, 0.4) is 0 Å². The molecule has 0 saturated heterocycles. The Kier molecular flexibility index (Phi) is 4.17. The fourth-order valence-corrected chi connectivity index (χ4v) is 3.01. The van der Waals surface area contributed by atoms with Gasteiger partial charge in [0, 0.05) is 18.4 Å². The van der Waals surface area contributed by atoms with E-state index in [1.54, 1.807) is 10.8 Å². The van der Waals surface area contributed by atoms with Gasteiger partial charge in [0.15, 0.2) is 0 Å². The minimum Gasteiger partial charge on any atom is -0.393 e. The zero-order valence-corrected chi connectivity index (χ0v) is 11.2. The van der Waals surface area contributed by atoms with E-state index in [0.717, 1.165) is 31.2 Å². The number of aliphatic hydroxyl groups is 1. The van der Waals surface area contributed by atoms with Crippen molar-refractivity contribution in [1.82, 2.24) is 9.55 Å². The summed E-state index contributed by atoms with van der Waals surface area (Å²) in [4.78, 5) is 15.8. The summed E-state index contributed by atoms with van der Waals surface area (Å²) in [6.07, 6.45) is 7.96. The van der Waals surface area contributed by atoms with Crippen molar-refractivity contribution >= 4 is 0 Å². The predicted molar refractivity (Wildman–Crippen MR) is 70.5 cm³/mol. The highest BCUT2D eigenvalue weighted by molar-refractivity contribution is 5.02. The van der Waals surface area contributed by atoms with Crippen LogP contribution in [0.25, 0.3) is 0 Å². The standard InChI is InChI=1S/C14H22N2O2/c1-3-4-11-5-6-12(17)7-13(11)16-9-10(2)8-15-14(16)18/h8-9,11-13,17H,3-7H2,1-2H3. The first-order valence-corrected chi connectivity index (χ1v) is 6.84. The SMILES string of the molecule is CCCC1CCC(O)CC1n1cc(C)cnc1=O. The molecule has 1 aromatic heterocycles. The average Bonchev–Trinajstić information content (AvgIpc) is 2.35. The summed E-state index contributed by atoms with van der Waals surface area (Å²) in [5, 5.41) is 9.85. The van der Waals surface area contributed by atoms with Gasteiger partial charge in [-0.1, -0.05) is 13.3 Å². The number of aryl methyl sites for hydroxylation is 1. The first kappa shape index (κ1) is 13.3. The van der Waals surface area contributed by atoms with Crippen LogP contribution < -0.4 is 5.69 Å². The Balaban J connectivity index is 2.31. The molecule has 4 heteroatoms. The normalized spacial score (nSPS) is 28.3. The molecule has 4 nitrogen and oxygen atoms in total. The minimum absolute atomic E-state index is 0.105. The van der Waals surface area contributed by atoms with Crippen LogP contribution in [0.2, 0.25) is 0 Å². The molecular formula is C14H22N2O2. The van der Waals surface area contributed by atoms with Gasteiger partial charge < -0.3 is 5.11 Å². The first-order chi connectivity index (χ1) is 8.61. The summed E-state index contributed by atoms with van der Waals surface area (Å²) >= 11 is 0. The highest BCUT2D eigenvalue weighted by atomic mass is 16.3. The Morgan fingerprint density at radius 1 is 1.50 bits per heavy atom. The van der Waals surface area contributed by atoms with Crippen molar-refractivity contribution in [3.8, 4) is 0 Å². The van der Waals surface area contributed by atoms with Crippen molar-refractivity contribution in [2.24, 2.45) is 5.92 Å². The van der Waals surface area contributed by atoms with Gasteiger partial charge in [-0.15, -0.1) is 0 Å². The van der Waals surface area contributed by atoms with E-state index >= 15 is 0 Å². The van der Waals surface area contributed by atoms with Gasteiger partial charge in [0.25, 0.3) is 0 Å². The third kappa shape index (κ3) is 2.80. The average molecular weight is 250 g/mol. The van der Waals surface area contributed by atoms with Gasteiger partial charge in [-0.05, 0) is 44.1 Å². The van der Waals surface area contributed by atoms with Crippen molar-refractivity contribution in [2.45, 2.75) is 58.1 Å². The van der Waals surface area contributed by atoms with Gasteiger partial charge in [-0.2, -0.15) is 0 Å². The smallest absolute Gasteiger partial charge is 0.347 e. The molecule has 0 aliphatic heterocycles. The highest BCUT2D eigenvalue weighted by Gasteiger charge is 2.30. The van der Waals surface area contributed by atoms with E-state index in [-0.39, 0.29) is 17.8 Å². The van der Waals surface area contributed by atoms with Gasteiger partial charge in [-0.25, -0.2) is 9.78 Å². The van der Waals surface area contributed by atoms with E-state index in [0.29, 0.717) is 12.3 Å². The second kappa shape index (κ2) is 5.65. The molecule has 1 N–H and O–H groups in total. The largest absolute Gasteiger partial charge is 0.393 e. The van der Waals surface area contributed by atoms with E-state index < -0.39 is 0 Å². The molecule has 3 atom stereocenters. The highest BCUT2D eigenvalue weighted by Crippen LogP contribution is 2.36. The molecule has 1 aliphatic rings. The summed E-state index contributed by atoms with van der Waals surface area (Å²) in [5.74, 6) is 0.486. The van der Waals surface area contributed by atoms with Crippen LogP contribution in [-0.4, -0.2) is 20.8 Å². The van der Waals surface area contributed by atoms with Crippen molar-refractivity contribution in [2.75, 3.05) is 0 Å². The zero-order chi connectivity index (χ0) is 13.1. The number of nitrogens with zero attached hydrogens (tertiary/aromatic N) is 2. The Labute approximate surface area is 108 Å². The molecule has 1 heterocycles. The summed E-state index contributed by atoms with van der Waals surface area (Å²) < 4.78 is 1.73. The molecule has 3 unspecified atom stereocenters. The van der Waals surface area contributed by atoms with Gasteiger partial charge in [-0.3, -0.25) is 4.57 Å². The number of hydrogen-bond acceptors (Lipinski definition) is 3. The molecule has 1 aromatic rings. The fraction of sp³-hybridized carbons (Fsp3) is 0.714. The quantitative estimate of drug-likeness (QED) is 0.893. The molecule has 0 radical (unpaired) electrons. The van der Waals surface area contributed by atoms with Crippen molar-refractivity contribution < 1.29 is 5.11 Å². The van der Waals surface area contributed by atoms with Gasteiger partial charge >= 0.3 is 5.69 Å². The second-order valence-electron chi connectivity index (χ2n) is 5.40. The first-order valence-electron chi connectivity index (χ1n) is 6.84.